The minimum Gasteiger partial charge on any atom is -0.352 e. The maximum atomic E-state index is 12.4. The number of carbonyl (C=O) groups is 2. The predicted molar refractivity (Wildman–Crippen MR) is 69.1 cm³/mol. The number of allylic oxidation sites excluding steroid dienone is 1. The highest BCUT2D eigenvalue weighted by molar-refractivity contribution is 8.04. The average molecular weight is 294 g/mol. The van der Waals surface area contributed by atoms with E-state index in [0.717, 1.165) is 18.2 Å². The van der Waals surface area contributed by atoms with Gasteiger partial charge in [-0.2, -0.15) is 0 Å². The fourth-order valence-electron chi connectivity index (χ4n) is 2.46. The summed E-state index contributed by atoms with van der Waals surface area (Å²) in [6.45, 7) is 1.93. The van der Waals surface area contributed by atoms with Gasteiger partial charge in [0, 0.05) is 6.08 Å². The number of carbonyl (C=O) groups excluding carboxylic acids is 2. The van der Waals surface area contributed by atoms with Crippen LogP contribution in [0.25, 0.3) is 0 Å². The molecule has 2 aliphatic rings. The first-order valence-electron chi connectivity index (χ1n) is 6.14. The molecule has 0 aromatic carbocycles. The Morgan fingerprint density at radius 3 is 2.85 bits per heavy atom. The maximum absolute atomic E-state index is 12.4. The number of rotatable bonds is 3. The number of hydrogen-bond acceptors (Lipinski definition) is 7. The predicted octanol–water partition coefficient (Wildman–Crippen LogP) is 1.86. The van der Waals surface area contributed by atoms with Crippen molar-refractivity contribution in [3.05, 3.63) is 38.2 Å². The lowest BCUT2D eigenvalue weighted by Gasteiger charge is -2.19. The molecule has 1 aromatic heterocycles. The molecule has 8 heteroatoms. The number of aromatic nitrogens is 1. The van der Waals surface area contributed by atoms with Crippen LogP contribution in [0.15, 0.2) is 15.6 Å². The summed E-state index contributed by atoms with van der Waals surface area (Å²) in [5.41, 5.74) is 0.679. The van der Waals surface area contributed by atoms with Gasteiger partial charge < -0.3 is 4.52 Å². The number of thioether (sulfide) groups is 1. The molecule has 0 spiro atoms. The third kappa shape index (κ3) is 1.71. The standard InChI is InChI=1S/C12H10N2O5S/c1-2-3-6-8-10(16)12-5(4-7(20-12)14(17)18)9(15)11(8)19-13-6/h4-5,12H,2-3H2,1H3. The largest absolute Gasteiger partial charge is 0.352 e. The Labute approximate surface area is 117 Å². The molecule has 104 valence electrons. The Morgan fingerprint density at radius 2 is 2.20 bits per heavy atom. The molecule has 2 atom stereocenters. The van der Waals surface area contributed by atoms with Crippen LogP contribution >= 0.6 is 11.8 Å². The number of hydrogen-bond donors (Lipinski definition) is 0. The number of aryl methyl sites for hydroxylation is 1. The molecule has 20 heavy (non-hydrogen) atoms. The van der Waals surface area contributed by atoms with Crippen LogP contribution in [0.1, 0.15) is 40.0 Å². The van der Waals surface area contributed by atoms with Gasteiger partial charge in [0.15, 0.2) is 5.78 Å². The molecule has 3 rings (SSSR count). The highest BCUT2D eigenvalue weighted by atomic mass is 32.2. The molecule has 0 saturated carbocycles. The molecule has 2 unspecified atom stereocenters. The zero-order valence-electron chi connectivity index (χ0n) is 10.5. The third-order valence-corrected chi connectivity index (χ3v) is 4.64. The molecule has 0 N–H and O–H groups in total. The summed E-state index contributed by atoms with van der Waals surface area (Å²) in [7, 11) is 0. The van der Waals surface area contributed by atoms with E-state index in [0.29, 0.717) is 12.1 Å². The first kappa shape index (κ1) is 13.0. The molecule has 7 nitrogen and oxygen atoms in total. The molecule has 0 saturated heterocycles. The Hall–Kier alpha value is -1.96. The van der Waals surface area contributed by atoms with Crippen LogP contribution in [-0.2, 0) is 6.42 Å². The van der Waals surface area contributed by atoms with E-state index < -0.39 is 21.9 Å². The summed E-state index contributed by atoms with van der Waals surface area (Å²) in [6.07, 6.45) is 2.54. The Bertz CT molecular complexity index is 663. The molecule has 1 aliphatic carbocycles. The van der Waals surface area contributed by atoms with Crippen molar-refractivity contribution in [2.45, 2.75) is 25.0 Å². The third-order valence-electron chi connectivity index (χ3n) is 3.36. The van der Waals surface area contributed by atoms with E-state index in [-0.39, 0.29) is 22.1 Å². The fraction of sp³-hybridized carbons (Fsp3) is 0.417. The average Bonchev–Trinajstić information content (AvgIpc) is 3.01. The SMILES string of the molecule is CCCc1noc2c1C(=O)C1SC([N+](=O)[O-])=CC1C2=O. The van der Waals surface area contributed by atoms with Crippen molar-refractivity contribution < 1.29 is 19.0 Å². The quantitative estimate of drug-likeness (QED) is 0.619. The second-order valence-corrected chi connectivity index (χ2v) is 5.80. The first-order chi connectivity index (χ1) is 9.54. The van der Waals surface area contributed by atoms with E-state index in [4.69, 9.17) is 4.52 Å². The van der Waals surface area contributed by atoms with E-state index in [1.807, 2.05) is 6.92 Å². The van der Waals surface area contributed by atoms with Crippen molar-refractivity contribution >= 4 is 23.3 Å². The Balaban J connectivity index is 2.05. The van der Waals surface area contributed by atoms with Crippen molar-refractivity contribution in [3.63, 3.8) is 0 Å². The molecule has 2 heterocycles. The second-order valence-electron chi connectivity index (χ2n) is 4.64. The lowest BCUT2D eigenvalue weighted by atomic mass is 9.84. The van der Waals surface area contributed by atoms with E-state index in [1.165, 1.54) is 6.08 Å². The van der Waals surface area contributed by atoms with Crippen molar-refractivity contribution in [2.75, 3.05) is 0 Å². The van der Waals surface area contributed by atoms with Crippen LogP contribution in [-0.4, -0.2) is 26.9 Å². The summed E-state index contributed by atoms with van der Waals surface area (Å²) in [5.74, 6) is -1.57. The minimum absolute atomic E-state index is 0.0545. The summed E-state index contributed by atoms with van der Waals surface area (Å²) < 4.78 is 5.00. The zero-order valence-corrected chi connectivity index (χ0v) is 11.3. The second kappa shape index (κ2) is 4.55. The van der Waals surface area contributed by atoms with Gasteiger partial charge >= 0.3 is 5.03 Å². The summed E-state index contributed by atoms with van der Waals surface area (Å²) in [5, 5.41) is 13.7. The maximum Gasteiger partial charge on any atom is 0.300 e. The van der Waals surface area contributed by atoms with Crippen molar-refractivity contribution in [3.8, 4) is 0 Å². The van der Waals surface area contributed by atoms with Crippen LogP contribution in [0.2, 0.25) is 0 Å². The molecule has 1 aromatic rings. The molecule has 0 amide bonds. The van der Waals surface area contributed by atoms with Crippen LogP contribution in [0.3, 0.4) is 0 Å². The van der Waals surface area contributed by atoms with Gasteiger partial charge in [-0.25, -0.2) is 0 Å². The number of nitro groups is 1. The summed E-state index contributed by atoms with van der Waals surface area (Å²) in [6, 6.07) is 0. The molecule has 1 aliphatic heterocycles. The van der Waals surface area contributed by atoms with Crippen LogP contribution < -0.4 is 0 Å². The molecule has 0 radical (unpaired) electrons. The molecule has 0 bridgehead atoms. The van der Waals surface area contributed by atoms with Crippen LogP contribution in [0, 0.1) is 16.0 Å². The Morgan fingerprint density at radius 1 is 1.45 bits per heavy atom. The number of ketones is 2. The van der Waals surface area contributed by atoms with Crippen LogP contribution in [0.5, 0.6) is 0 Å². The van der Waals surface area contributed by atoms with Gasteiger partial charge in [-0.05, 0) is 18.2 Å². The van der Waals surface area contributed by atoms with Crippen molar-refractivity contribution in [1.82, 2.24) is 5.16 Å². The highest BCUT2D eigenvalue weighted by Crippen LogP contribution is 2.44. The van der Waals surface area contributed by atoms with Crippen molar-refractivity contribution in [2.24, 2.45) is 5.92 Å². The first-order valence-corrected chi connectivity index (χ1v) is 7.02. The summed E-state index contributed by atoms with van der Waals surface area (Å²) in [4.78, 5) is 34.9. The van der Waals surface area contributed by atoms with E-state index >= 15 is 0 Å². The lowest BCUT2D eigenvalue weighted by molar-refractivity contribution is -0.410. The van der Waals surface area contributed by atoms with Gasteiger partial charge in [0.2, 0.25) is 11.5 Å². The fourth-order valence-corrected chi connectivity index (χ4v) is 3.61. The topological polar surface area (TPSA) is 103 Å². The van der Waals surface area contributed by atoms with E-state index in [1.54, 1.807) is 0 Å². The van der Waals surface area contributed by atoms with Crippen LogP contribution in [0.4, 0.5) is 0 Å². The number of Topliss-reactive ketones (excluding diaryl/α,β-unsaturated/α-hetero) is 2. The number of fused-ring (bicyclic) bond motifs is 2. The zero-order chi connectivity index (χ0) is 14.4. The highest BCUT2D eigenvalue weighted by Gasteiger charge is 2.51. The lowest BCUT2D eigenvalue weighted by Crippen LogP contribution is -2.35. The van der Waals surface area contributed by atoms with Gasteiger partial charge in [-0.1, -0.05) is 18.5 Å². The molecular weight excluding hydrogens is 284 g/mol. The summed E-state index contributed by atoms with van der Waals surface area (Å²) >= 11 is 0.831. The normalized spacial score (nSPS) is 24.4. The van der Waals surface area contributed by atoms with E-state index in [9.17, 15) is 19.7 Å². The van der Waals surface area contributed by atoms with Gasteiger partial charge in [0.05, 0.1) is 27.3 Å². The molecular formula is C12H10N2O5S. The van der Waals surface area contributed by atoms with Crippen molar-refractivity contribution in [1.29, 1.82) is 0 Å². The monoisotopic (exact) mass is 294 g/mol. The minimum atomic E-state index is -0.817. The van der Waals surface area contributed by atoms with Gasteiger partial charge in [-0.15, -0.1) is 0 Å². The smallest absolute Gasteiger partial charge is 0.300 e. The van der Waals surface area contributed by atoms with E-state index in [2.05, 4.69) is 5.16 Å². The Kier molecular flexibility index (Phi) is 2.97. The van der Waals surface area contributed by atoms with Gasteiger partial charge in [0.1, 0.15) is 0 Å². The van der Waals surface area contributed by atoms with Gasteiger partial charge in [-0.3, -0.25) is 19.7 Å². The van der Waals surface area contributed by atoms with Gasteiger partial charge in [0.25, 0.3) is 0 Å². The number of nitrogens with zero attached hydrogens (tertiary/aromatic N) is 2. The molecule has 0 fully saturated rings.